The molecule has 1 aliphatic heterocycles. The molecule has 1 fully saturated rings. The molecule has 1 amide bonds. The lowest BCUT2D eigenvalue weighted by Gasteiger charge is -2.35. The number of carbonyl (C=O) groups is 1. The third-order valence-electron chi connectivity index (χ3n) is 4.81. The molecule has 1 aliphatic carbocycles. The Balaban J connectivity index is 0.00000176. The van der Waals surface area contributed by atoms with Gasteiger partial charge in [0.2, 0.25) is 5.91 Å². The first-order chi connectivity index (χ1) is 10.1. The van der Waals surface area contributed by atoms with Crippen LogP contribution in [0.4, 0.5) is 0 Å². The Bertz CT molecular complexity index is 547. The van der Waals surface area contributed by atoms with Gasteiger partial charge in [-0.05, 0) is 48.9 Å². The van der Waals surface area contributed by atoms with Gasteiger partial charge in [-0.1, -0.05) is 22.0 Å². The number of hydrogen-bond donors (Lipinski definition) is 2. The van der Waals surface area contributed by atoms with E-state index in [0.29, 0.717) is 19.8 Å². The number of hydrogen-bond acceptors (Lipinski definition) is 3. The Labute approximate surface area is 145 Å². The highest BCUT2D eigenvalue weighted by Gasteiger charge is 2.40. The van der Waals surface area contributed by atoms with Crippen LogP contribution in [0.2, 0.25) is 0 Å². The minimum Gasteiger partial charge on any atom is -0.381 e. The van der Waals surface area contributed by atoms with Crippen LogP contribution in [-0.2, 0) is 16.0 Å². The summed E-state index contributed by atoms with van der Waals surface area (Å²) in [5.41, 5.74) is 8.02. The van der Waals surface area contributed by atoms with Crippen LogP contribution in [0, 0.1) is 5.41 Å². The maximum atomic E-state index is 12.7. The predicted octanol–water partition coefficient (Wildman–Crippen LogP) is 2.73. The van der Waals surface area contributed by atoms with Gasteiger partial charge in [0.05, 0.1) is 11.5 Å². The summed E-state index contributed by atoms with van der Waals surface area (Å²) in [6.45, 7) is 1.64. The fourth-order valence-electron chi connectivity index (χ4n) is 3.33. The van der Waals surface area contributed by atoms with E-state index in [1.165, 1.54) is 11.1 Å². The van der Waals surface area contributed by atoms with Crippen molar-refractivity contribution in [3.8, 4) is 0 Å². The number of nitrogens with one attached hydrogen (secondary N) is 1. The van der Waals surface area contributed by atoms with Crippen molar-refractivity contribution < 1.29 is 9.53 Å². The molecule has 22 heavy (non-hydrogen) atoms. The monoisotopic (exact) mass is 388 g/mol. The average molecular weight is 390 g/mol. The zero-order valence-electron chi connectivity index (χ0n) is 12.4. The number of nitrogens with two attached hydrogens (primary N) is 1. The molecule has 1 aromatic carbocycles. The van der Waals surface area contributed by atoms with Crippen molar-refractivity contribution in [1.82, 2.24) is 5.32 Å². The molecule has 1 saturated heterocycles. The van der Waals surface area contributed by atoms with E-state index in [-0.39, 0.29) is 24.4 Å². The number of halogens is 2. The van der Waals surface area contributed by atoms with Crippen molar-refractivity contribution in [2.45, 2.75) is 31.7 Å². The molecular weight excluding hydrogens is 368 g/mol. The topological polar surface area (TPSA) is 64.4 Å². The van der Waals surface area contributed by atoms with E-state index in [9.17, 15) is 4.79 Å². The molecule has 0 aromatic heterocycles. The Morgan fingerprint density at radius 3 is 2.82 bits per heavy atom. The molecule has 0 saturated carbocycles. The summed E-state index contributed by atoms with van der Waals surface area (Å²) in [4.78, 5) is 12.7. The summed E-state index contributed by atoms with van der Waals surface area (Å²) < 4.78 is 6.47. The largest absolute Gasteiger partial charge is 0.381 e. The van der Waals surface area contributed by atoms with Crippen molar-refractivity contribution >= 4 is 34.2 Å². The van der Waals surface area contributed by atoms with E-state index in [0.717, 1.165) is 30.2 Å². The van der Waals surface area contributed by atoms with Gasteiger partial charge < -0.3 is 15.8 Å². The normalized spacial score (nSPS) is 22.5. The number of carbonyl (C=O) groups excluding carboxylic acids is 1. The fourth-order valence-corrected chi connectivity index (χ4v) is 3.74. The second-order valence-corrected chi connectivity index (χ2v) is 6.92. The fraction of sp³-hybridized carbons (Fsp3) is 0.562. The minimum atomic E-state index is -0.448. The third-order valence-corrected chi connectivity index (χ3v) is 5.30. The second kappa shape index (κ2) is 7.30. The molecule has 4 nitrogen and oxygen atoms in total. The quantitative estimate of drug-likeness (QED) is 0.835. The minimum absolute atomic E-state index is 0. The van der Waals surface area contributed by atoms with Gasteiger partial charge in [0.25, 0.3) is 0 Å². The molecule has 1 atom stereocenters. The molecule has 3 N–H and O–H groups in total. The highest BCUT2D eigenvalue weighted by molar-refractivity contribution is 9.10. The van der Waals surface area contributed by atoms with E-state index in [1.807, 2.05) is 6.07 Å². The Morgan fingerprint density at radius 2 is 2.14 bits per heavy atom. The van der Waals surface area contributed by atoms with Gasteiger partial charge >= 0.3 is 0 Å². The molecule has 0 bridgehead atoms. The lowest BCUT2D eigenvalue weighted by atomic mass is 9.79. The highest BCUT2D eigenvalue weighted by Crippen LogP contribution is 2.35. The van der Waals surface area contributed by atoms with Crippen molar-refractivity contribution in [2.24, 2.45) is 11.1 Å². The van der Waals surface area contributed by atoms with Crippen LogP contribution in [0.3, 0.4) is 0 Å². The molecular formula is C16H22BrClN2O2. The first kappa shape index (κ1) is 17.7. The van der Waals surface area contributed by atoms with Crippen LogP contribution in [0.25, 0.3) is 0 Å². The number of benzene rings is 1. The Hall–Kier alpha value is -0.620. The molecule has 0 spiro atoms. The molecule has 3 rings (SSSR count). The van der Waals surface area contributed by atoms with Crippen LogP contribution < -0.4 is 11.1 Å². The van der Waals surface area contributed by atoms with Gasteiger partial charge in [-0.25, -0.2) is 0 Å². The number of amides is 1. The standard InChI is InChI=1S/C16H21BrN2O2.ClH/c17-12-2-3-13-11(9-12)1-4-14(13)19-15(20)16(10-18)5-7-21-8-6-16;/h2-3,9,14H,1,4-8,10,18H2,(H,19,20);1H. The van der Waals surface area contributed by atoms with Gasteiger partial charge in [0.1, 0.15) is 0 Å². The van der Waals surface area contributed by atoms with Crippen molar-refractivity contribution in [2.75, 3.05) is 19.8 Å². The molecule has 1 aromatic rings. The Kier molecular flexibility index (Phi) is 5.88. The zero-order chi connectivity index (χ0) is 14.9. The van der Waals surface area contributed by atoms with E-state index in [2.05, 4.69) is 33.4 Å². The second-order valence-electron chi connectivity index (χ2n) is 6.00. The molecule has 6 heteroatoms. The molecule has 2 aliphatic rings. The predicted molar refractivity (Wildman–Crippen MR) is 92.1 cm³/mol. The lowest BCUT2D eigenvalue weighted by Crippen LogP contribution is -2.49. The van der Waals surface area contributed by atoms with Crippen LogP contribution in [0.15, 0.2) is 22.7 Å². The van der Waals surface area contributed by atoms with Crippen LogP contribution in [-0.4, -0.2) is 25.7 Å². The van der Waals surface area contributed by atoms with Crippen LogP contribution in [0.5, 0.6) is 0 Å². The SMILES string of the molecule is Cl.NCC1(C(=O)NC2CCc3cc(Br)ccc32)CCOCC1. The van der Waals surface area contributed by atoms with E-state index in [4.69, 9.17) is 10.5 Å². The highest BCUT2D eigenvalue weighted by atomic mass is 79.9. The number of aryl methyl sites for hydroxylation is 1. The first-order valence-corrected chi connectivity index (χ1v) is 8.31. The number of rotatable bonds is 3. The van der Waals surface area contributed by atoms with Gasteiger partial charge in [0.15, 0.2) is 0 Å². The first-order valence-electron chi connectivity index (χ1n) is 7.52. The molecule has 1 heterocycles. The zero-order valence-corrected chi connectivity index (χ0v) is 14.8. The molecule has 1 unspecified atom stereocenters. The average Bonchev–Trinajstić information content (AvgIpc) is 2.90. The van der Waals surface area contributed by atoms with Gasteiger partial charge in [-0.3, -0.25) is 4.79 Å². The number of ether oxygens (including phenoxy) is 1. The molecule has 0 radical (unpaired) electrons. The van der Waals surface area contributed by atoms with E-state index < -0.39 is 5.41 Å². The summed E-state index contributed by atoms with van der Waals surface area (Å²) >= 11 is 3.50. The van der Waals surface area contributed by atoms with Gasteiger partial charge in [-0.15, -0.1) is 12.4 Å². The van der Waals surface area contributed by atoms with Crippen molar-refractivity contribution in [3.63, 3.8) is 0 Å². The lowest BCUT2D eigenvalue weighted by molar-refractivity contribution is -0.136. The van der Waals surface area contributed by atoms with Gasteiger partial charge in [0, 0.05) is 24.2 Å². The summed E-state index contributed by atoms with van der Waals surface area (Å²) in [5.74, 6) is 0.0917. The van der Waals surface area contributed by atoms with Crippen molar-refractivity contribution in [1.29, 1.82) is 0 Å². The van der Waals surface area contributed by atoms with Crippen LogP contribution in [0.1, 0.15) is 36.4 Å². The van der Waals surface area contributed by atoms with E-state index in [1.54, 1.807) is 0 Å². The van der Waals surface area contributed by atoms with Crippen LogP contribution >= 0.6 is 28.3 Å². The number of fused-ring (bicyclic) bond motifs is 1. The van der Waals surface area contributed by atoms with E-state index >= 15 is 0 Å². The summed E-state index contributed by atoms with van der Waals surface area (Å²) in [6, 6.07) is 6.41. The van der Waals surface area contributed by atoms with Crippen molar-refractivity contribution in [3.05, 3.63) is 33.8 Å². The third kappa shape index (κ3) is 3.32. The smallest absolute Gasteiger partial charge is 0.228 e. The summed E-state index contributed by atoms with van der Waals surface area (Å²) in [5, 5.41) is 3.23. The molecule has 122 valence electrons. The maximum absolute atomic E-state index is 12.7. The summed E-state index contributed by atoms with van der Waals surface area (Å²) in [6.07, 6.45) is 3.41. The van der Waals surface area contributed by atoms with Gasteiger partial charge in [-0.2, -0.15) is 0 Å². The summed E-state index contributed by atoms with van der Waals surface area (Å²) in [7, 11) is 0. The maximum Gasteiger partial charge on any atom is 0.228 e. The Morgan fingerprint density at radius 1 is 1.41 bits per heavy atom.